The van der Waals surface area contributed by atoms with E-state index in [4.69, 9.17) is 8.83 Å². The molecule has 3 heteroatoms. The lowest BCUT2D eigenvalue weighted by atomic mass is 9.67. The summed E-state index contributed by atoms with van der Waals surface area (Å²) in [7, 11) is 0. The quantitative estimate of drug-likeness (QED) is 0.0377. The lowest BCUT2D eigenvalue weighted by Gasteiger charge is -2.36. The monoisotopic (exact) mass is 1380 g/mol. The van der Waals surface area contributed by atoms with E-state index in [2.05, 4.69) is 270 Å². The van der Waals surface area contributed by atoms with Crippen LogP contribution in [0.4, 0.5) is 17.1 Å². The number of anilines is 3. The van der Waals surface area contributed by atoms with Gasteiger partial charge in [-0.2, -0.15) is 0 Å². The first kappa shape index (κ1) is 70.1. The number of hydrogen-bond acceptors (Lipinski definition) is 3. The zero-order valence-corrected chi connectivity index (χ0v) is 63.5. The Kier molecular flexibility index (Phi) is 20.8. The highest BCUT2D eigenvalue weighted by Crippen LogP contribution is 2.65. The van der Waals surface area contributed by atoms with E-state index < -0.39 is 5.41 Å². The molecule has 0 spiro atoms. The summed E-state index contributed by atoms with van der Waals surface area (Å²) in [6, 6.07) is 89.2. The highest BCUT2D eigenvalue weighted by molar-refractivity contribution is 6.20. The zero-order chi connectivity index (χ0) is 71.3. The van der Waals surface area contributed by atoms with E-state index in [0.717, 1.165) is 57.4 Å². The van der Waals surface area contributed by atoms with Gasteiger partial charge in [-0.15, -0.1) is 0 Å². The molecular weight excluding hydrogens is 1270 g/mol. The third-order valence-electron chi connectivity index (χ3n) is 25.3. The highest BCUT2D eigenvalue weighted by atomic mass is 16.3. The fraction of sp³-hybridized carbons (Fsp3) is 0.353. The van der Waals surface area contributed by atoms with Crippen molar-refractivity contribution < 1.29 is 8.83 Å². The van der Waals surface area contributed by atoms with Gasteiger partial charge < -0.3 is 13.7 Å². The molecule has 3 aliphatic rings. The molecule has 11 aromatic carbocycles. The van der Waals surface area contributed by atoms with E-state index in [1.165, 1.54) is 261 Å². The standard InChI is InChI=1S/C102H109NO2/c1-6-10-14-18-22-41-63-100(64-42-23-19-15-11-7-2)85-61-62-94-97(80-52-36-39-55-92(80)104-94)96(85)84-71-87-83(70-88(84)100)78-59-57-76(67-86(78)101(87,65-43-24-20-16-12-8-3)66-44-25-21-17-13-9-4)103(91-54-38-35-45-72(91)5)77-58-60-79-89(68-77)102(74-48-31-27-32-49-74,75-50-33-28-34-51-75)90-69-82(73-46-29-26-30-47-73)99-98(95(79)90)81-53-37-40-56-93(81)105-99/h26-40,45-62,67-71H,6-25,41-44,63-66H2,1-5H3. The minimum Gasteiger partial charge on any atom is -0.456 e. The number of benzene rings is 11. The molecule has 0 aliphatic heterocycles. The van der Waals surface area contributed by atoms with Gasteiger partial charge in [-0.1, -0.05) is 346 Å². The second-order valence-corrected chi connectivity index (χ2v) is 31.7. The van der Waals surface area contributed by atoms with E-state index in [0.29, 0.717) is 0 Å². The molecular formula is C102H109NO2. The topological polar surface area (TPSA) is 29.5 Å². The maximum absolute atomic E-state index is 7.14. The SMILES string of the molecule is CCCCCCCCC1(CCCCCCCC)c2cc(N(c3ccc4c(c3)C(c3ccccc3)(c3ccccc3)c3cc(-c5ccccc5)c5oc6ccccc6c5c3-4)c3ccccc3C)ccc2-c2cc3c(cc21)-c1c(ccc2oc4ccccc4c12)C3(CCCCCCCC)CCCCCCCC. The summed E-state index contributed by atoms with van der Waals surface area (Å²) in [6.07, 6.45) is 35.3. The lowest BCUT2D eigenvalue weighted by Crippen LogP contribution is -2.29. The zero-order valence-electron chi connectivity index (χ0n) is 63.5. The number of aryl methyl sites for hydroxylation is 1. The van der Waals surface area contributed by atoms with Gasteiger partial charge in [0.1, 0.15) is 22.3 Å². The number of para-hydroxylation sites is 3. The smallest absolute Gasteiger partial charge is 0.143 e. The Morgan fingerprint density at radius 3 is 1.30 bits per heavy atom. The molecule has 105 heavy (non-hydrogen) atoms. The van der Waals surface area contributed by atoms with Gasteiger partial charge in [0.15, 0.2) is 0 Å². The molecule has 2 heterocycles. The number of hydrogen-bond donors (Lipinski definition) is 0. The molecule has 0 unspecified atom stereocenters. The van der Waals surface area contributed by atoms with Gasteiger partial charge in [0, 0.05) is 55.0 Å². The Bertz CT molecular complexity index is 5110. The normalized spacial score (nSPS) is 14.1. The van der Waals surface area contributed by atoms with Gasteiger partial charge in [0.25, 0.3) is 0 Å². The van der Waals surface area contributed by atoms with Crippen LogP contribution in [-0.4, -0.2) is 0 Å². The maximum atomic E-state index is 7.14. The van der Waals surface area contributed by atoms with Crippen molar-refractivity contribution in [1.29, 1.82) is 0 Å². The molecule has 0 radical (unpaired) electrons. The fourth-order valence-corrected chi connectivity index (χ4v) is 20.1. The lowest BCUT2D eigenvalue weighted by molar-refractivity contribution is 0.394. The van der Waals surface area contributed by atoms with Gasteiger partial charge in [0.05, 0.1) is 5.41 Å². The first-order chi connectivity index (χ1) is 51.9. The first-order valence-corrected chi connectivity index (χ1v) is 41.3. The Morgan fingerprint density at radius 2 is 0.724 bits per heavy atom. The van der Waals surface area contributed by atoms with Crippen molar-refractivity contribution in [2.24, 2.45) is 0 Å². The fourth-order valence-electron chi connectivity index (χ4n) is 20.1. The van der Waals surface area contributed by atoms with Crippen molar-refractivity contribution in [2.75, 3.05) is 4.90 Å². The van der Waals surface area contributed by atoms with E-state index in [1.54, 1.807) is 16.7 Å². The van der Waals surface area contributed by atoms with E-state index >= 15 is 0 Å². The molecule has 0 saturated carbocycles. The number of rotatable bonds is 34. The Balaban J connectivity index is 0.934. The second kappa shape index (κ2) is 31.1. The molecule has 0 N–H and O–H groups in total. The molecule has 0 saturated heterocycles. The maximum Gasteiger partial charge on any atom is 0.143 e. The minimum atomic E-state index is -0.716. The van der Waals surface area contributed by atoms with Crippen molar-refractivity contribution in [3.63, 3.8) is 0 Å². The van der Waals surface area contributed by atoms with Crippen LogP contribution in [0.1, 0.15) is 258 Å². The van der Waals surface area contributed by atoms with Gasteiger partial charge in [-0.05, 0) is 188 Å². The van der Waals surface area contributed by atoms with E-state index in [1.807, 2.05) is 0 Å². The van der Waals surface area contributed by atoms with Crippen molar-refractivity contribution in [3.05, 3.63) is 281 Å². The van der Waals surface area contributed by atoms with Crippen LogP contribution < -0.4 is 4.90 Å². The van der Waals surface area contributed by atoms with Crippen molar-refractivity contribution >= 4 is 60.9 Å². The predicted molar refractivity (Wildman–Crippen MR) is 448 cm³/mol. The van der Waals surface area contributed by atoms with E-state index in [-0.39, 0.29) is 10.8 Å². The summed E-state index contributed by atoms with van der Waals surface area (Å²) in [6.45, 7) is 11.7. The van der Waals surface area contributed by atoms with Crippen LogP contribution >= 0.6 is 0 Å². The third kappa shape index (κ3) is 12.6. The number of unbranched alkanes of at least 4 members (excludes halogenated alkanes) is 20. The summed E-state index contributed by atoms with van der Waals surface area (Å²) < 4.78 is 14.1. The predicted octanol–water partition coefficient (Wildman–Crippen LogP) is 30.8. The van der Waals surface area contributed by atoms with Gasteiger partial charge in [-0.3, -0.25) is 0 Å². The summed E-state index contributed by atoms with van der Waals surface area (Å²) in [5, 5.41) is 4.88. The molecule has 13 aromatic rings. The van der Waals surface area contributed by atoms with E-state index in [9.17, 15) is 0 Å². The van der Waals surface area contributed by atoms with Crippen molar-refractivity contribution in [3.8, 4) is 44.5 Å². The molecule has 16 rings (SSSR count). The van der Waals surface area contributed by atoms with Crippen LogP contribution in [0, 0.1) is 6.92 Å². The minimum absolute atomic E-state index is 0.116. The molecule has 534 valence electrons. The average Bonchev–Trinajstić information content (AvgIpc) is 1.53. The van der Waals surface area contributed by atoms with Crippen molar-refractivity contribution in [2.45, 2.75) is 231 Å². The van der Waals surface area contributed by atoms with Crippen LogP contribution in [0.5, 0.6) is 0 Å². The summed E-state index contributed by atoms with van der Waals surface area (Å²) in [4.78, 5) is 2.66. The van der Waals surface area contributed by atoms with Gasteiger partial charge in [-0.25, -0.2) is 0 Å². The van der Waals surface area contributed by atoms with Gasteiger partial charge in [0.2, 0.25) is 0 Å². The Hall–Kier alpha value is -9.18. The first-order valence-electron chi connectivity index (χ1n) is 41.3. The summed E-state index contributed by atoms with van der Waals surface area (Å²) >= 11 is 0. The second-order valence-electron chi connectivity index (χ2n) is 31.7. The van der Waals surface area contributed by atoms with Gasteiger partial charge >= 0.3 is 0 Å². The number of nitrogens with zero attached hydrogens (tertiary/aromatic N) is 1. The molecule has 2 aromatic heterocycles. The Labute approximate surface area is 626 Å². The molecule has 0 atom stereocenters. The summed E-state index contributed by atoms with van der Waals surface area (Å²) in [5.41, 5.74) is 29.5. The average molecular weight is 1380 g/mol. The van der Waals surface area contributed by atoms with Crippen molar-refractivity contribution in [1.82, 2.24) is 0 Å². The molecule has 0 fully saturated rings. The number of furan rings is 2. The van der Waals surface area contributed by atoms with Crippen LogP contribution in [0.15, 0.2) is 239 Å². The Morgan fingerprint density at radius 1 is 0.295 bits per heavy atom. The molecule has 0 amide bonds. The van der Waals surface area contributed by atoms with Crippen LogP contribution in [0.25, 0.3) is 88.4 Å². The number of fused-ring (bicyclic) bond motifs is 17. The summed E-state index contributed by atoms with van der Waals surface area (Å²) in [5.74, 6) is 0. The van der Waals surface area contributed by atoms with Crippen LogP contribution in [-0.2, 0) is 16.2 Å². The highest BCUT2D eigenvalue weighted by Gasteiger charge is 2.51. The third-order valence-corrected chi connectivity index (χ3v) is 25.3. The van der Waals surface area contributed by atoms with Crippen LogP contribution in [0.3, 0.4) is 0 Å². The molecule has 3 nitrogen and oxygen atoms in total. The largest absolute Gasteiger partial charge is 0.456 e. The molecule has 0 bridgehead atoms. The van der Waals surface area contributed by atoms with Crippen LogP contribution in [0.2, 0.25) is 0 Å². The molecule has 3 aliphatic carbocycles.